The van der Waals surface area contributed by atoms with E-state index in [-0.39, 0.29) is 24.4 Å². The lowest BCUT2D eigenvalue weighted by Crippen LogP contribution is -2.19. The molecule has 8 heteroatoms. The monoisotopic (exact) mass is 292 g/mol. The van der Waals surface area contributed by atoms with Gasteiger partial charge in [0, 0.05) is 25.3 Å². The van der Waals surface area contributed by atoms with Gasteiger partial charge in [-0.15, -0.1) is 0 Å². The van der Waals surface area contributed by atoms with Gasteiger partial charge < -0.3 is 15.7 Å². The number of nitrogens with one attached hydrogen (secondary N) is 2. The standard InChI is InChI=1S/C12H19F3N4O/c1-3-16-11-18-9(12(13,14)15)7-10(19-11)17-8(2)5-4-6-20/h7-8,20H,3-6H2,1-2H3,(H2,16,17,18,19). The van der Waals surface area contributed by atoms with Crippen LogP contribution in [-0.4, -0.2) is 34.3 Å². The van der Waals surface area contributed by atoms with Gasteiger partial charge in [-0.1, -0.05) is 0 Å². The first-order valence-corrected chi connectivity index (χ1v) is 6.44. The molecule has 0 bridgehead atoms. The van der Waals surface area contributed by atoms with Crippen LogP contribution >= 0.6 is 0 Å². The molecule has 0 fully saturated rings. The zero-order valence-electron chi connectivity index (χ0n) is 11.5. The number of alkyl halides is 3. The summed E-state index contributed by atoms with van der Waals surface area (Å²) in [6.45, 7) is 4.05. The Morgan fingerprint density at radius 3 is 2.60 bits per heavy atom. The van der Waals surface area contributed by atoms with Crippen molar-refractivity contribution >= 4 is 11.8 Å². The molecule has 0 amide bonds. The molecule has 1 aromatic heterocycles. The van der Waals surface area contributed by atoms with Gasteiger partial charge in [0.2, 0.25) is 5.95 Å². The Morgan fingerprint density at radius 1 is 1.35 bits per heavy atom. The van der Waals surface area contributed by atoms with E-state index in [4.69, 9.17) is 5.11 Å². The highest BCUT2D eigenvalue weighted by Crippen LogP contribution is 2.29. The van der Waals surface area contributed by atoms with E-state index in [1.165, 1.54) is 0 Å². The Labute approximate surface area is 115 Å². The fourth-order valence-electron chi connectivity index (χ4n) is 1.63. The minimum absolute atomic E-state index is 0.0479. The van der Waals surface area contributed by atoms with Crippen molar-refractivity contribution in [2.45, 2.75) is 38.9 Å². The van der Waals surface area contributed by atoms with Crippen molar-refractivity contribution in [1.29, 1.82) is 0 Å². The molecule has 5 nitrogen and oxygen atoms in total. The van der Waals surface area contributed by atoms with Gasteiger partial charge in [0.05, 0.1) is 0 Å². The van der Waals surface area contributed by atoms with Crippen LogP contribution in [0.15, 0.2) is 6.07 Å². The Morgan fingerprint density at radius 2 is 2.05 bits per heavy atom. The molecule has 0 aliphatic rings. The average molecular weight is 292 g/mol. The highest BCUT2D eigenvalue weighted by Gasteiger charge is 2.33. The van der Waals surface area contributed by atoms with Crippen molar-refractivity contribution in [3.63, 3.8) is 0 Å². The van der Waals surface area contributed by atoms with E-state index in [1.807, 2.05) is 6.92 Å². The fourth-order valence-corrected chi connectivity index (χ4v) is 1.63. The molecule has 0 radical (unpaired) electrons. The SMILES string of the molecule is CCNc1nc(NC(C)CCCO)cc(C(F)(F)F)n1. The lowest BCUT2D eigenvalue weighted by molar-refractivity contribution is -0.141. The zero-order chi connectivity index (χ0) is 15.2. The smallest absolute Gasteiger partial charge is 0.396 e. The predicted octanol–water partition coefficient (Wildman–Crippen LogP) is 2.50. The van der Waals surface area contributed by atoms with E-state index in [0.29, 0.717) is 19.4 Å². The van der Waals surface area contributed by atoms with E-state index in [0.717, 1.165) is 6.07 Å². The van der Waals surface area contributed by atoms with Crippen LogP contribution in [0.3, 0.4) is 0 Å². The van der Waals surface area contributed by atoms with Gasteiger partial charge in [0.15, 0.2) is 5.69 Å². The molecular weight excluding hydrogens is 273 g/mol. The average Bonchev–Trinajstić information content (AvgIpc) is 2.35. The summed E-state index contributed by atoms with van der Waals surface area (Å²) >= 11 is 0. The molecule has 20 heavy (non-hydrogen) atoms. The highest BCUT2D eigenvalue weighted by molar-refractivity contribution is 5.43. The second-order valence-corrected chi connectivity index (χ2v) is 4.40. The zero-order valence-corrected chi connectivity index (χ0v) is 11.5. The second-order valence-electron chi connectivity index (χ2n) is 4.40. The molecule has 114 valence electrons. The third kappa shape index (κ3) is 5.20. The van der Waals surface area contributed by atoms with Crippen molar-refractivity contribution in [3.8, 4) is 0 Å². The molecule has 0 aromatic carbocycles. The van der Waals surface area contributed by atoms with Gasteiger partial charge in [-0.25, -0.2) is 4.98 Å². The molecule has 0 saturated carbocycles. The van der Waals surface area contributed by atoms with Crippen molar-refractivity contribution in [3.05, 3.63) is 11.8 Å². The van der Waals surface area contributed by atoms with Gasteiger partial charge in [0.1, 0.15) is 5.82 Å². The van der Waals surface area contributed by atoms with Gasteiger partial charge in [-0.3, -0.25) is 0 Å². The summed E-state index contributed by atoms with van der Waals surface area (Å²) in [5.74, 6) is 0.0629. The molecule has 0 spiro atoms. The maximum Gasteiger partial charge on any atom is 0.433 e. The van der Waals surface area contributed by atoms with E-state index >= 15 is 0 Å². The predicted molar refractivity (Wildman–Crippen MR) is 70.6 cm³/mol. The lowest BCUT2D eigenvalue weighted by Gasteiger charge is -2.16. The topological polar surface area (TPSA) is 70.1 Å². The first-order chi connectivity index (χ1) is 9.36. The normalized spacial score (nSPS) is 13.1. The molecule has 0 aliphatic heterocycles. The second kappa shape index (κ2) is 7.28. The van der Waals surface area contributed by atoms with Crippen molar-refractivity contribution in [2.75, 3.05) is 23.8 Å². The molecular formula is C12H19F3N4O. The minimum Gasteiger partial charge on any atom is -0.396 e. The number of aromatic nitrogens is 2. The number of anilines is 2. The molecule has 0 aliphatic carbocycles. The Kier molecular flexibility index (Phi) is 6.00. The van der Waals surface area contributed by atoms with Crippen LogP contribution in [-0.2, 0) is 6.18 Å². The van der Waals surface area contributed by atoms with Gasteiger partial charge in [-0.2, -0.15) is 18.2 Å². The summed E-state index contributed by atoms with van der Waals surface area (Å²) in [4.78, 5) is 7.43. The van der Waals surface area contributed by atoms with Crippen LogP contribution < -0.4 is 10.6 Å². The van der Waals surface area contributed by atoms with Crippen LogP contribution in [0.1, 0.15) is 32.4 Å². The quantitative estimate of drug-likeness (QED) is 0.720. The number of aliphatic hydroxyl groups excluding tert-OH is 1. The maximum atomic E-state index is 12.7. The van der Waals surface area contributed by atoms with E-state index in [1.54, 1.807) is 6.92 Å². The molecule has 1 unspecified atom stereocenters. The molecule has 0 saturated heterocycles. The maximum absolute atomic E-state index is 12.7. The molecule has 1 rings (SSSR count). The molecule has 1 heterocycles. The van der Waals surface area contributed by atoms with Crippen molar-refractivity contribution in [1.82, 2.24) is 9.97 Å². The van der Waals surface area contributed by atoms with Gasteiger partial charge in [-0.05, 0) is 26.7 Å². The summed E-state index contributed by atoms with van der Waals surface area (Å²) < 4.78 is 38.2. The number of nitrogens with zero attached hydrogens (tertiary/aromatic N) is 2. The van der Waals surface area contributed by atoms with Gasteiger partial charge >= 0.3 is 6.18 Å². The van der Waals surface area contributed by atoms with Crippen LogP contribution in [0, 0.1) is 0 Å². The summed E-state index contributed by atoms with van der Waals surface area (Å²) in [5, 5.41) is 14.3. The molecule has 1 aromatic rings. The molecule has 3 N–H and O–H groups in total. The van der Waals surface area contributed by atoms with E-state index < -0.39 is 11.9 Å². The summed E-state index contributed by atoms with van der Waals surface area (Å²) in [6.07, 6.45) is -3.30. The number of hydrogen-bond acceptors (Lipinski definition) is 5. The summed E-state index contributed by atoms with van der Waals surface area (Å²) in [5.41, 5.74) is -0.986. The van der Waals surface area contributed by atoms with Crippen LogP contribution in [0.2, 0.25) is 0 Å². The Balaban J connectivity index is 2.91. The number of halogens is 3. The first-order valence-electron chi connectivity index (χ1n) is 6.44. The first kappa shape index (κ1) is 16.5. The van der Waals surface area contributed by atoms with Crippen LogP contribution in [0.4, 0.5) is 24.9 Å². The Bertz CT molecular complexity index is 426. The summed E-state index contributed by atoms with van der Waals surface area (Å²) in [7, 11) is 0. The van der Waals surface area contributed by atoms with Gasteiger partial charge in [0.25, 0.3) is 0 Å². The van der Waals surface area contributed by atoms with Crippen molar-refractivity contribution < 1.29 is 18.3 Å². The third-order valence-electron chi connectivity index (χ3n) is 2.54. The number of rotatable bonds is 7. The number of hydrogen-bond donors (Lipinski definition) is 3. The van der Waals surface area contributed by atoms with Crippen LogP contribution in [0.25, 0.3) is 0 Å². The minimum atomic E-state index is -4.52. The van der Waals surface area contributed by atoms with E-state index in [9.17, 15) is 13.2 Å². The lowest BCUT2D eigenvalue weighted by atomic mass is 10.2. The fraction of sp³-hybridized carbons (Fsp3) is 0.667. The van der Waals surface area contributed by atoms with Crippen LogP contribution in [0.5, 0.6) is 0 Å². The number of aliphatic hydroxyl groups is 1. The largest absolute Gasteiger partial charge is 0.433 e. The highest BCUT2D eigenvalue weighted by atomic mass is 19.4. The molecule has 1 atom stereocenters. The van der Waals surface area contributed by atoms with Crippen molar-refractivity contribution in [2.24, 2.45) is 0 Å². The van der Waals surface area contributed by atoms with E-state index in [2.05, 4.69) is 20.6 Å². The summed E-state index contributed by atoms with van der Waals surface area (Å²) in [6, 6.07) is 0.795. The Hall–Kier alpha value is -1.57. The third-order valence-corrected chi connectivity index (χ3v) is 2.54.